The highest BCUT2D eigenvalue weighted by molar-refractivity contribution is 7.68. The molecule has 13 heavy (non-hydrogen) atoms. The van der Waals surface area contributed by atoms with E-state index in [0.29, 0.717) is 0 Å². The zero-order valence-corrected chi connectivity index (χ0v) is 9.60. The van der Waals surface area contributed by atoms with Crippen molar-refractivity contribution in [2.45, 2.75) is 6.92 Å². The van der Waals surface area contributed by atoms with Crippen LogP contribution in [0.1, 0.15) is 6.92 Å². The second kappa shape index (κ2) is 18.0. The molecule has 0 radical (unpaired) electrons. The van der Waals surface area contributed by atoms with Crippen LogP contribution in [0.3, 0.4) is 0 Å². The Labute approximate surface area is 90.6 Å². The van der Waals surface area contributed by atoms with E-state index in [1.807, 2.05) is 0 Å². The van der Waals surface area contributed by atoms with Crippen molar-refractivity contribution in [3.63, 3.8) is 0 Å². The Morgan fingerprint density at radius 2 is 1.08 bits per heavy atom. The number of hydrogen-bond donors (Lipinski definition) is 0. The third kappa shape index (κ3) is 24.5. The Hall–Kier alpha value is 0.139. The van der Waals surface area contributed by atoms with E-state index in [0.717, 1.165) is 0 Å². The van der Waals surface area contributed by atoms with Gasteiger partial charge in [-0.2, -0.15) is 5.26 Å². The molecule has 0 rings (SSSR count). The van der Waals surface area contributed by atoms with Crippen LogP contribution in [0.4, 0.5) is 0 Å². The zero-order chi connectivity index (χ0) is 10.4. The fourth-order valence-electron chi connectivity index (χ4n) is 1.21. The molecule has 0 aliphatic heterocycles. The van der Waals surface area contributed by atoms with Gasteiger partial charge in [-0.1, -0.05) is 0 Å². The first-order valence-electron chi connectivity index (χ1n) is 5.64. The third-order valence-electron chi connectivity index (χ3n) is 1.96. The summed E-state index contributed by atoms with van der Waals surface area (Å²) in [6.45, 7) is 1.43. The van der Waals surface area contributed by atoms with Crippen LogP contribution in [0.15, 0.2) is 0 Å². The van der Waals surface area contributed by atoms with Crippen LogP contribution in [0.5, 0.6) is 0 Å². The first kappa shape index (κ1) is 15.6. The predicted molar refractivity (Wildman–Crippen MR) is 85.6 cm³/mol. The van der Waals surface area contributed by atoms with Gasteiger partial charge in [0, 0.05) is 63.4 Å². The van der Waals surface area contributed by atoms with Gasteiger partial charge in [-0.3, -0.25) is 0 Å². The normalized spacial score (nSPS) is 5.85. The minimum Gasteiger partial charge on any atom is -0.199 e. The Kier molecular flexibility index (Phi) is 21.6. The van der Waals surface area contributed by atoms with Gasteiger partial charge >= 0.3 is 0 Å². The molecule has 0 amide bonds. The highest BCUT2D eigenvalue weighted by Gasteiger charge is 1.96. The molecule has 1 nitrogen and oxygen atoms in total. The number of nitrogens with zero attached hydrogens (tertiary/aromatic N) is 1. The van der Waals surface area contributed by atoms with Gasteiger partial charge in [0.15, 0.2) is 0 Å². The van der Waals surface area contributed by atoms with E-state index in [1.165, 1.54) is 63.4 Å². The van der Waals surface area contributed by atoms with Gasteiger partial charge in [-0.25, -0.2) is 0 Å². The minimum absolute atomic E-state index is 1.37. The molecule has 0 aliphatic carbocycles. The lowest BCUT2D eigenvalue weighted by Gasteiger charge is -1.88. The molecule has 0 saturated heterocycles. The van der Waals surface area contributed by atoms with Crippen molar-refractivity contribution in [3.8, 4) is 6.07 Å². The maximum Gasteiger partial charge on any atom is 0.0597 e. The van der Waals surface area contributed by atoms with Gasteiger partial charge in [0.1, 0.15) is 0 Å². The van der Waals surface area contributed by atoms with Gasteiger partial charge in [0.25, 0.3) is 0 Å². The molecule has 0 spiro atoms. The molecular formula is C2H15B10N. The van der Waals surface area contributed by atoms with Crippen LogP contribution in [0.2, 0.25) is 0 Å². The third-order valence-corrected chi connectivity index (χ3v) is 1.96. The van der Waals surface area contributed by atoms with Crippen LogP contribution in [0.25, 0.3) is 0 Å². The van der Waals surface area contributed by atoms with Crippen molar-refractivity contribution in [1.82, 2.24) is 0 Å². The molecule has 0 aromatic rings. The molecule has 0 N–H and O–H groups in total. The van der Waals surface area contributed by atoms with Crippen molar-refractivity contribution in [2.75, 3.05) is 0 Å². The van der Waals surface area contributed by atoms with Crippen molar-refractivity contribution >= 4 is 72.0 Å². The highest BCUT2D eigenvalue weighted by Crippen LogP contribution is 1.54. The average Bonchev–Trinajstić information content (AvgIpc) is 2.13. The monoisotopic (exact) mass is 163 g/mol. The maximum atomic E-state index is 7.32. The quantitative estimate of drug-likeness (QED) is 0.269. The van der Waals surface area contributed by atoms with E-state index in [2.05, 4.69) is 15.5 Å². The molecule has 58 valence electrons. The number of rotatable bonds is 7. The topological polar surface area (TPSA) is 23.8 Å². The van der Waals surface area contributed by atoms with E-state index < -0.39 is 0 Å². The lowest BCUT2D eigenvalue weighted by atomic mass is 8.89. The van der Waals surface area contributed by atoms with Crippen LogP contribution < -0.4 is 0 Å². The summed E-state index contributed by atoms with van der Waals surface area (Å²) in [5.41, 5.74) is 0. The minimum atomic E-state index is 1.37. The SMILES string of the molecule is BBBBBBBBBB.CC#N. The molecule has 0 bridgehead atoms. The first-order chi connectivity index (χ1) is 6.33. The fourth-order valence-corrected chi connectivity index (χ4v) is 1.21. The zero-order valence-electron chi connectivity index (χ0n) is 9.60. The molecule has 0 unspecified atom stereocenters. The Morgan fingerprint density at radius 3 is 1.31 bits per heavy atom. The molecule has 0 fully saturated rings. The second-order valence-corrected chi connectivity index (χ2v) is 3.34. The standard InChI is InChI=1S/C2H3N.B10H12/c1-2-3;1-3-5-7-9-10-8-6-4-2/h1H3;3-10H,1-2H2. The lowest BCUT2D eigenvalue weighted by molar-refractivity contribution is 1.49. The van der Waals surface area contributed by atoms with Crippen LogP contribution >= 0.6 is 0 Å². The highest BCUT2D eigenvalue weighted by atomic mass is 14.2. The summed E-state index contributed by atoms with van der Waals surface area (Å²) in [6, 6.07) is 1.75. The predicted octanol–water partition coefficient (Wildman–Crippen LogP) is -6.49. The molecule has 0 heterocycles. The van der Waals surface area contributed by atoms with Crippen molar-refractivity contribution in [3.05, 3.63) is 0 Å². The van der Waals surface area contributed by atoms with E-state index in [4.69, 9.17) is 5.26 Å². The van der Waals surface area contributed by atoms with Gasteiger partial charge in [-0.15, -0.1) is 0 Å². The van der Waals surface area contributed by atoms with Gasteiger partial charge in [-0.05, 0) is 0 Å². The second-order valence-electron chi connectivity index (χ2n) is 3.34. The summed E-state index contributed by atoms with van der Waals surface area (Å²) in [7, 11) is 16.0. The summed E-state index contributed by atoms with van der Waals surface area (Å²) in [4.78, 5) is 0. The molecule has 0 atom stereocenters. The number of nitriles is 1. The van der Waals surface area contributed by atoms with Crippen molar-refractivity contribution in [2.24, 2.45) is 0 Å². The number of hydrogen-bond acceptors (Lipinski definition) is 1. The molecule has 0 aromatic heterocycles. The van der Waals surface area contributed by atoms with Gasteiger partial charge in [0.05, 0.1) is 21.5 Å². The van der Waals surface area contributed by atoms with Crippen LogP contribution in [0, 0.1) is 11.3 Å². The van der Waals surface area contributed by atoms with E-state index in [1.54, 1.807) is 6.07 Å². The Morgan fingerprint density at radius 1 is 0.846 bits per heavy atom. The average molecular weight is 161 g/mol. The Bertz CT molecular complexity index is 102. The first-order valence-corrected chi connectivity index (χ1v) is 5.64. The summed E-state index contributed by atoms with van der Waals surface area (Å²) in [6.07, 6.45) is 0. The summed E-state index contributed by atoms with van der Waals surface area (Å²) < 4.78 is 0. The molecule has 11 heteroatoms. The fraction of sp³-hybridized carbons (Fsp3) is 0.500. The van der Waals surface area contributed by atoms with Crippen LogP contribution in [-0.4, -0.2) is 72.0 Å². The van der Waals surface area contributed by atoms with Crippen LogP contribution in [-0.2, 0) is 0 Å². The maximum absolute atomic E-state index is 7.32. The summed E-state index contributed by atoms with van der Waals surface area (Å²) in [5.74, 6) is 0. The molecule has 0 aromatic carbocycles. The van der Waals surface area contributed by atoms with E-state index in [9.17, 15) is 0 Å². The smallest absolute Gasteiger partial charge is 0.0597 e. The summed E-state index contributed by atoms with van der Waals surface area (Å²) >= 11 is 0. The van der Waals surface area contributed by atoms with Crippen molar-refractivity contribution in [1.29, 1.82) is 5.26 Å². The van der Waals surface area contributed by atoms with Gasteiger partial charge in [0.2, 0.25) is 0 Å². The lowest BCUT2D eigenvalue weighted by Crippen LogP contribution is -2.30. The largest absolute Gasteiger partial charge is 0.199 e. The molecular weight excluding hydrogens is 146 g/mol. The van der Waals surface area contributed by atoms with E-state index in [-0.39, 0.29) is 0 Å². The van der Waals surface area contributed by atoms with Gasteiger partial charge < -0.3 is 0 Å². The van der Waals surface area contributed by atoms with Crippen molar-refractivity contribution < 1.29 is 0 Å². The Balaban J connectivity index is 0. The molecule has 0 saturated carbocycles. The molecule has 0 aliphatic rings. The van der Waals surface area contributed by atoms with E-state index >= 15 is 0 Å². The summed E-state index contributed by atoms with van der Waals surface area (Å²) in [5, 5.41) is 7.32.